The predicted octanol–water partition coefficient (Wildman–Crippen LogP) is 7.43. The van der Waals surface area contributed by atoms with Crippen molar-refractivity contribution in [1.82, 2.24) is 9.97 Å². The van der Waals surface area contributed by atoms with Crippen LogP contribution in [-0.4, -0.2) is 28.0 Å². The van der Waals surface area contributed by atoms with Crippen molar-refractivity contribution in [2.75, 3.05) is 10.6 Å². The molecule has 198 valence electrons. The van der Waals surface area contributed by atoms with Crippen LogP contribution in [0.2, 0.25) is 10.0 Å². The molecule has 3 aromatic carbocycles. The molecular formula is C24H14Cl2F6N4O2. The van der Waals surface area contributed by atoms with E-state index < -0.39 is 47.2 Å². The summed E-state index contributed by atoms with van der Waals surface area (Å²) in [6.07, 6.45) is -10.2. The van der Waals surface area contributed by atoms with Crippen molar-refractivity contribution in [2.45, 2.75) is 18.3 Å². The van der Waals surface area contributed by atoms with Crippen LogP contribution < -0.4 is 10.6 Å². The molecule has 1 aromatic heterocycles. The van der Waals surface area contributed by atoms with Gasteiger partial charge in [-0.1, -0.05) is 47.5 Å². The number of hydrogen-bond donors (Lipinski definition) is 3. The number of alkyl halides is 6. The van der Waals surface area contributed by atoms with E-state index in [9.17, 15) is 35.9 Å². The van der Waals surface area contributed by atoms with E-state index in [0.29, 0.717) is 6.07 Å². The van der Waals surface area contributed by atoms with E-state index >= 15 is 0 Å². The van der Waals surface area contributed by atoms with E-state index in [2.05, 4.69) is 15.3 Å². The van der Waals surface area contributed by atoms with Crippen LogP contribution in [0.1, 0.15) is 27.7 Å². The number of hydrogen-bond acceptors (Lipinski definition) is 3. The summed E-state index contributed by atoms with van der Waals surface area (Å²) in [4.78, 5) is 31.7. The van der Waals surface area contributed by atoms with Crippen molar-refractivity contribution in [2.24, 2.45) is 0 Å². The molecule has 0 saturated heterocycles. The molecule has 0 bridgehead atoms. The SMILES string of the molecule is O=C(Nc1cccc2[nH]c(C(C(=O)Nc3ccccc3C(F)(F)F)C(F)(F)F)nc12)c1c(Cl)cccc1Cl. The number of aromatic amines is 1. The first kappa shape index (κ1) is 27.3. The lowest BCUT2D eigenvalue weighted by Gasteiger charge is -2.19. The summed E-state index contributed by atoms with van der Waals surface area (Å²) in [6, 6.07) is 12.1. The Balaban J connectivity index is 1.70. The molecule has 0 aliphatic carbocycles. The first-order valence-electron chi connectivity index (χ1n) is 10.5. The van der Waals surface area contributed by atoms with Gasteiger partial charge in [0.15, 0.2) is 5.92 Å². The quantitative estimate of drug-likeness (QED) is 0.217. The van der Waals surface area contributed by atoms with E-state index in [1.165, 1.54) is 36.4 Å². The summed E-state index contributed by atoms with van der Waals surface area (Å²) in [6.45, 7) is 0. The first-order chi connectivity index (χ1) is 17.8. The molecule has 0 saturated carbocycles. The highest BCUT2D eigenvalue weighted by atomic mass is 35.5. The van der Waals surface area contributed by atoms with Crippen molar-refractivity contribution in [3.63, 3.8) is 0 Å². The van der Waals surface area contributed by atoms with Gasteiger partial charge in [-0.05, 0) is 36.4 Å². The van der Waals surface area contributed by atoms with Crippen molar-refractivity contribution in [3.05, 3.63) is 87.7 Å². The van der Waals surface area contributed by atoms with E-state index in [1.54, 1.807) is 5.32 Å². The molecule has 0 spiro atoms. The molecule has 0 fully saturated rings. The van der Waals surface area contributed by atoms with Crippen molar-refractivity contribution < 1.29 is 35.9 Å². The fourth-order valence-electron chi connectivity index (χ4n) is 3.66. The van der Waals surface area contributed by atoms with E-state index in [0.717, 1.165) is 18.2 Å². The van der Waals surface area contributed by atoms with Gasteiger partial charge in [0, 0.05) is 0 Å². The van der Waals surface area contributed by atoms with Crippen molar-refractivity contribution in [3.8, 4) is 0 Å². The molecule has 1 heterocycles. The molecule has 0 radical (unpaired) electrons. The minimum atomic E-state index is -5.24. The molecule has 0 aliphatic rings. The zero-order valence-corrected chi connectivity index (χ0v) is 20.2. The topological polar surface area (TPSA) is 86.9 Å². The zero-order valence-electron chi connectivity index (χ0n) is 18.6. The summed E-state index contributed by atoms with van der Waals surface area (Å²) in [5.41, 5.74) is -2.41. The number of carbonyl (C=O) groups is 2. The van der Waals surface area contributed by atoms with Crippen LogP contribution in [0, 0.1) is 0 Å². The minimum Gasteiger partial charge on any atom is -0.341 e. The highest BCUT2D eigenvalue weighted by molar-refractivity contribution is 6.40. The molecular weight excluding hydrogens is 561 g/mol. The number of rotatable bonds is 5. The molecule has 1 atom stereocenters. The Morgan fingerprint density at radius 3 is 2.05 bits per heavy atom. The van der Waals surface area contributed by atoms with Crippen LogP contribution in [0.4, 0.5) is 37.7 Å². The predicted molar refractivity (Wildman–Crippen MR) is 129 cm³/mol. The lowest BCUT2D eigenvalue weighted by atomic mass is 10.1. The average Bonchev–Trinajstić information content (AvgIpc) is 3.22. The first-order valence-corrected chi connectivity index (χ1v) is 11.3. The number of fused-ring (bicyclic) bond motifs is 1. The normalized spacial score (nSPS) is 12.8. The van der Waals surface area contributed by atoms with Gasteiger partial charge in [0.1, 0.15) is 11.3 Å². The maximum atomic E-state index is 14.0. The number of amides is 2. The molecule has 14 heteroatoms. The zero-order chi connectivity index (χ0) is 27.8. The molecule has 2 amide bonds. The van der Waals surface area contributed by atoms with E-state index in [1.807, 2.05) is 0 Å². The van der Waals surface area contributed by atoms with Gasteiger partial charge in [-0.25, -0.2) is 4.98 Å². The maximum Gasteiger partial charge on any atom is 0.418 e. The molecule has 38 heavy (non-hydrogen) atoms. The average molecular weight is 575 g/mol. The Labute approximate surface area is 220 Å². The highest BCUT2D eigenvalue weighted by Crippen LogP contribution is 2.39. The maximum absolute atomic E-state index is 14.0. The molecule has 4 rings (SSSR count). The molecule has 4 aromatic rings. The van der Waals surface area contributed by atoms with Gasteiger partial charge in [0.2, 0.25) is 5.91 Å². The largest absolute Gasteiger partial charge is 0.418 e. The van der Waals surface area contributed by atoms with Crippen LogP contribution in [0.25, 0.3) is 11.0 Å². The smallest absolute Gasteiger partial charge is 0.341 e. The van der Waals surface area contributed by atoms with Crippen LogP contribution in [0.3, 0.4) is 0 Å². The highest BCUT2D eigenvalue weighted by Gasteiger charge is 2.48. The summed E-state index contributed by atoms with van der Waals surface area (Å²) < 4.78 is 81.8. The summed E-state index contributed by atoms with van der Waals surface area (Å²) in [5, 5.41) is 4.23. The van der Waals surface area contributed by atoms with Crippen LogP contribution in [0.5, 0.6) is 0 Å². The Bertz CT molecular complexity index is 1510. The van der Waals surface area contributed by atoms with Gasteiger partial charge >= 0.3 is 12.4 Å². The molecule has 3 N–H and O–H groups in total. The number of carbonyl (C=O) groups excluding carboxylic acids is 2. The summed E-state index contributed by atoms with van der Waals surface area (Å²) >= 11 is 12.1. The minimum absolute atomic E-state index is 0.0146. The number of nitrogens with zero attached hydrogens (tertiary/aromatic N) is 1. The van der Waals surface area contributed by atoms with Gasteiger partial charge in [-0.3, -0.25) is 9.59 Å². The number of benzene rings is 3. The molecule has 1 unspecified atom stereocenters. The number of para-hydroxylation sites is 2. The summed E-state index contributed by atoms with van der Waals surface area (Å²) in [7, 11) is 0. The van der Waals surface area contributed by atoms with Crippen LogP contribution in [0.15, 0.2) is 60.7 Å². The number of aromatic nitrogens is 2. The van der Waals surface area contributed by atoms with Crippen molar-refractivity contribution >= 4 is 57.4 Å². The van der Waals surface area contributed by atoms with Gasteiger partial charge < -0.3 is 15.6 Å². The Morgan fingerprint density at radius 2 is 1.42 bits per heavy atom. The number of nitrogens with one attached hydrogen (secondary N) is 3. The van der Waals surface area contributed by atoms with E-state index in [-0.39, 0.29) is 32.3 Å². The summed E-state index contributed by atoms with van der Waals surface area (Å²) in [5.74, 6) is -6.42. The van der Waals surface area contributed by atoms with Gasteiger partial charge in [-0.2, -0.15) is 26.3 Å². The lowest BCUT2D eigenvalue weighted by molar-refractivity contribution is -0.162. The van der Waals surface area contributed by atoms with Crippen LogP contribution in [-0.2, 0) is 11.0 Å². The molecule has 0 aliphatic heterocycles. The van der Waals surface area contributed by atoms with E-state index in [4.69, 9.17) is 23.2 Å². The third kappa shape index (κ3) is 5.55. The third-order valence-electron chi connectivity index (χ3n) is 5.32. The number of anilines is 2. The fraction of sp³-hybridized carbons (Fsp3) is 0.125. The number of halogens is 8. The van der Waals surface area contributed by atoms with Gasteiger partial charge in [-0.15, -0.1) is 0 Å². The third-order valence-corrected chi connectivity index (χ3v) is 5.95. The second-order valence-electron chi connectivity index (χ2n) is 7.88. The van der Waals surface area contributed by atoms with Crippen LogP contribution >= 0.6 is 23.2 Å². The Kier molecular flexibility index (Phi) is 7.31. The second-order valence-corrected chi connectivity index (χ2v) is 8.70. The van der Waals surface area contributed by atoms with Crippen molar-refractivity contribution in [1.29, 1.82) is 0 Å². The number of imidazole rings is 1. The Morgan fingerprint density at radius 1 is 0.816 bits per heavy atom. The fourth-order valence-corrected chi connectivity index (χ4v) is 4.23. The standard InChI is InChI=1S/C24H14Cl2F6N4O2/c25-12-6-3-7-13(26)17(12)21(37)35-16-10-4-9-15-19(16)36-20(33-15)18(24(30,31)32)22(38)34-14-8-2-1-5-11(14)23(27,28)29/h1-10,18H,(H,33,36)(H,34,38)(H,35,37). The monoisotopic (exact) mass is 574 g/mol. The lowest BCUT2D eigenvalue weighted by Crippen LogP contribution is -2.34. The second kappa shape index (κ2) is 10.2. The van der Waals surface area contributed by atoms with Gasteiger partial charge in [0.05, 0.1) is 38.1 Å². The number of H-pyrrole nitrogens is 1. The molecule has 6 nitrogen and oxygen atoms in total. The Hall–Kier alpha value is -3.77. The van der Waals surface area contributed by atoms with Gasteiger partial charge in [0.25, 0.3) is 5.91 Å².